The summed E-state index contributed by atoms with van der Waals surface area (Å²) in [5.74, 6) is -1.53. The van der Waals surface area contributed by atoms with Crippen LogP contribution >= 0.6 is 0 Å². The van der Waals surface area contributed by atoms with Gasteiger partial charge in [0.1, 0.15) is 10.1 Å². The molecule has 0 aliphatic heterocycles. The summed E-state index contributed by atoms with van der Waals surface area (Å²) < 4.78 is 32.7. The number of ketones is 2. The normalized spacial score (nSPS) is 15.1. The highest BCUT2D eigenvalue weighted by atomic mass is 32.2. The summed E-state index contributed by atoms with van der Waals surface area (Å²) in [5.41, 5.74) is -0.0634. The molecule has 82 valence electrons. The van der Waals surface area contributed by atoms with Crippen molar-refractivity contribution in [3.63, 3.8) is 0 Å². The number of hydrogen-bond donors (Lipinski definition) is 0. The van der Waals surface area contributed by atoms with Gasteiger partial charge in [-0.2, -0.15) is 0 Å². The van der Waals surface area contributed by atoms with Gasteiger partial charge in [-0.1, -0.05) is 12.1 Å². The number of fused-ring (bicyclic) bond motifs is 1. The maximum Gasteiger partial charge on any atom is 0.233 e. The molecule has 0 saturated heterocycles. The Morgan fingerprint density at radius 3 is 2.38 bits per heavy atom. The van der Waals surface area contributed by atoms with Gasteiger partial charge in [-0.15, -0.1) is 0 Å². The van der Waals surface area contributed by atoms with Crippen molar-refractivity contribution >= 4 is 27.8 Å². The number of hydrogen-bond acceptors (Lipinski definition) is 5. The molecule has 1 aliphatic rings. The average molecular weight is 237 g/mol. The molecule has 0 heterocycles. The van der Waals surface area contributed by atoms with E-state index in [1.54, 1.807) is 0 Å². The SMILES string of the molecule is O=C1C=Cc2c(cccc2S(=O)(=O)[O-])C1=O. The molecule has 0 aromatic heterocycles. The summed E-state index contributed by atoms with van der Waals surface area (Å²) in [6.45, 7) is 0. The van der Waals surface area contributed by atoms with E-state index in [-0.39, 0.29) is 11.1 Å². The molecule has 0 radical (unpaired) electrons. The first kappa shape index (κ1) is 10.7. The Balaban J connectivity index is 2.80. The van der Waals surface area contributed by atoms with E-state index in [4.69, 9.17) is 0 Å². The number of Topliss-reactive ketones (excluding diaryl/α,β-unsaturated/α-hetero) is 1. The second-order valence-electron chi connectivity index (χ2n) is 3.20. The lowest BCUT2D eigenvalue weighted by molar-refractivity contribution is -0.110. The van der Waals surface area contributed by atoms with Crippen LogP contribution in [-0.2, 0) is 14.9 Å². The molecule has 0 fully saturated rings. The van der Waals surface area contributed by atoms with Crippen molar-refractivity contribution in [1.82, 2.24) is 0 Å². The van der Waals surface area contributed by atoms with Crippen LogP contribution in [0.4, 0.5) is 0 Å². The fraction of sp³-hybridized carbons (Fsp3) is 0. The van der Waals surface area contributed by atoms with Crippen LogP contribution in [0.5, 0.6) is 0 Å². The van der Waals surface area contributed by atoms with Crippen LogP contribution in [0.2, 0.25) is 0 Å². The van der Waals surface area contributed by atoms with Crippen LogP contribution in [-0.4, -0.2) is 24.5 Å². The van der Waals surface area contributed by atoms with Gasteiger partial charge in [0.2, 0.25) is 11.6 Å². The van der Waals surface area contributed by atoms with Gasteiger partial charge in [0, 0.05) is 11.1 Å². The lowest BCUT2D eigenvalue weighted by Crippen LogP contribution is -2.18. The van der Waals surface area contributed by atoms with Crippen molar-refractivity contribution in [1.29, 1.82) is 0 Å². The summed E-state index contributed by atoms with van der Waals surface area (Å²) in [7, 11) is -4.65. The molecule has 0 spiro atoms. The number of allylic oxidation sites excluding steroid dienone is 1. The molecule has 1 aromatic rings. The molecule has 6 heteroatoms. The van der Waals surface area contributed by atoms with E-state index in [0.29, 0.717) is 0 Å². The standard InChI is InChI=1S/C10H6O5S/c11-8-5-4-6-7(10(8)12)2-1-3-9(6)16(13,14)15/h1-5H,(H,13,14,15)/p-1. The van der Waals surface area contributed by atoms with Gasteiger partial charge in [0.15, 0.2) is 0 Å². The largest absolute Gasteiger partial charge is 0.744 e. The number of rotatable bonds is 1. The first-order valence-corrected chi connectivity index (χ1v) is 5.68. The predicted molar refractivity (Wildman–Crippen MR) is 52.8 cm³/mol. The zero-order valence-electron chi connectivity index (χ0n) is 7.84. The molecule has 0 amide bonds. The average Bonchev–Trinajstić information content (AvgIpc) is 2.21. The molecular formula is C10H5O5S-. The zero-order chi connectivity index (χ0) is 11.9. The van der Waals surface area contributed by atoms with E-state index in [1.165, 1.54) is 18.2 Å². The Labute approximate surface area is 91.1 Å². The van der Waals surface area contributed by atoms with Gasteiger partial charge in [-0.25, -0.2) is 8.42 Å². The minimum atomic E-state index is -4.65. The third-order valence-corrected chi connectivity index (χ3v) is 3.10. The van der Waals surface area contributed by atoms with Crippen LogP contribution in [0.1, 0.15) is 15.9 Å². The molecule has 1 aromatic carbocycles. The third kappa shape index (κ3) is 1.58. The monoisotopic (exact) mass is 237 g/mol. The summed E-state index contributed by atoms with van der Waals surface area (Å²) >= 11 is 0. The van der Waals surface area contributed by atoms with Gasteiger partial charge in [0.25, 0.3) is 0 Å². The molecule has 1 aliphatic carbocycles. The van der Waals surface area contributed by atoms with Crippen LogP contribution in [0, 0.1) is 0 Å². The van der Waals surface area contributed by atoms with Crippen molar-refractivity contribution in [2.45, 2.75) is 4.90 Å². The van der Waals surface area contributed by atoms with E-state index in [9.17, 15) is 22.6 Å². The Bertz CT molecular complexity index is 625. The second-order valence-corrected chi connectivity index (χ2v) is 4.55. The minimum Gasteiger partial charge on any atom is -0.744 e. The molecular weight excluding hydrogens is 232 g/mol. The highest BCUT2D eigenvalue weighted by Crippen LogP contribution is 2.24. The summed E-state index contributed by atoms with van der Waals surface area (Å²) in [6, 6.07) is 3.68. The van der Waals surface area contributed by atoms with Crippen LogP contribution < -0.4 is 0 Å². The fourth-order valence-electron chi connectivity index (χ4n) is 1.50. The first-order valence-electron chi connectivity index (χ1n) is 4.27. The molecule has 0 unspecified atom stereocenters. The van der Waals surface area contributed by atoms with Gasteiger partial charge < -0.3 is 4.55 Å². The Kier molecular flexibility index (Phi) is 2.25. The fourth-order valence-corrected chi connectivity index (χ4v) is 2.19. The van der Waals surface area contributed by atoms with Gasteiger partial charge in [-0.05, 0) is 18.2 Å². The molecule has 0 saturated carbocycles. The first-order chi connectivity index (χ1) is 7.41. The van der Waals surface area contributed by atoms with E-state index >= 15 is 0 Å². The summed E-state index contributed by atoms with van der Waals surface area (Å²) in [6.07, 6.45) is 2.13. The Morgan fingerprint density at radius 2 is 1.75 bits per heavy atom. The zero-order valence-corrected chi connectivity index (χ0v) is 8.65. The molecule has 2 rings (SSSR count). The number of carbonyl (C=O) groups excluding carboxylic acids is 2. The van der Waals surface area contributed by atoms with Gasteiger partial charge >= 0.3 is 0 Å². The molecule has 0 bridgehead atoms. The van der Waals surface area contributed by atoms with E-state index in [2.05, 4.69) is 0 Å². The van der Waals surface area contributed by atoms with Crippen molar-refractivity contribution in [2.75, 3.05) is 0 Å². The van der Waals surface area contributed by atoms with E-state index < -0.39 is 26.6 Å². The van der Waals surface area contributed by atoms with Crippen molar-refractivity contribution in [2.24, 2.45) is 0 Å². The Morgan fingerprint density at radius 1 is 1.06 bits per heavy atom. The Hall–Kier alpha value is -1.79. The van der Waals surface area contributed by atoms with Gasteiger partial charge in [0.05, 0.1) is 4.90 Å². The van der Waals surface area contributed by atoms with Crippen LogP contribution in [0.3, 0.4) is 0 Å². The maximum atomic E-state index is 11.4. The van der Waals surface area contributed by atoms with E-state index in [0.717, 1.165) is 12.1 Å². The molecule has 5 nitrogen and oxygen atoms in total. The summed E-state index contributed by atoms with van der Waals surface area (Å²) in [4.78, 5) is 22.0. The van der Waals surface area contributed by atoms with E-state index in [1.807, 2.05) is 0 Å². The lowest BCUT2D eigenvalue weighted by Gasteiger charge is -2.15. The van der Waals surface area contributed by atoms with Crippen molar-refractivity contribution in [3.8, 4) is 0 Å². The lowest BCUT2D eigenvalue weighted by atomic mass is 9.95. The number of benzene rings is 1. The molecule has 0 atom stereocenters. The van der Waals surface area contributed by atoms with Crippen molar-refractivity contribution < 1.29 is 22.6 Å². The predicted octanol–water partition coefficient (Wildman–Crippen LogP) is 0.369. The van der Waals surface area contributed by atoms with Gasteiger partial charge in [-0.3, -0.25) is 9.59 Å². The maximum absolute atomic E-state index is 11.4. The third-order valence-electron chi connectivity index (χ3n) is 2.21. The quantitative estimate of drug-likeness (QED) is 0.519. The van der Waals surface area contributed by atoms with Crippen molar-refractivity contribution in [3.05, 3.63) is 35.4 Å². The molecule has 0 N–H and O–H groups in total. The summed E-state index contributed by atoms with van der Waals surface area (Å²) in [5, 5.41) is 0. The smallest absolute Gasteiger partial charge is 0.233 e. The highest BCUT2D eigenvalue weighted by Gasteiger charge is 2.23. The second kappa shape index (κ2) is 3.36. The topological polar surface area (TPSA) is 91.3 Å². The highest BCUT2D eigenvalue weighted by molar-refractivity contribution is 7.85. The van der Waals surface area contributed by atoms with Crippen LogP contribution in [0.15, 0.2) is 29.2 Å². The number of carbonyl (C=O) groups is 2. The van der Waals surface area contributed by atoms with Crippen LogP contribution in [0.25, 0.3) is 6.08 Å². The molecule has 16 heavy (non-hydrogen) atoms. The minimum absolute atomic E-state index is 0.0119.